The Morgan fingerprint density at radius 1 is 1.11 bits per heavy atom. The van der Waals surface area contributed by atoms with E-state index >= 15 is 0 Å². The Hall–Kier alpha value is -3.61. The number of nitro benzene ring substituents is 1. The zero-order valence-electron chi connectivity index (χ0n) is 14.2. The van der Waals surface area contributed by atoms with Gasteiger partial charge in [-0.05, 0) is 18.2 Å². The average Bonchev–Trinajstić information content (AvgIpc) is 3.37. The molecule has 0 N–H and O–H groups in total. The molecule has 0 unspecified atom stereocenters. The van der Waals surface area contributed by atoms with Crippen molar-refractivity contribution in [2.75, 3.05) is 0 Å². The van der Waals surface area contributed by atoms with Crippen LogP contribution in [-0.2, 0) is 0 Å². The van der Waals surface area contributed by atoms with E-state index in [-0.39, 0.29) is 11.7 Å². The smallest absolute Gasteiger partial charge is 0.269 e. The maximum atomic E-state index is 11.2. The lowest BCUT2D eigenvalue weighted by Gasteiger charge is -2.38. The van der Waals surface area contributed by atoms with Gasteiger partial charge in [0.15, 0.2) is 0 Å². The highest BCUT2D eigenvalue weighted by atomic mass is 16.6. The molecule has 7 nitrogen and oxygen atoms in total. The molecule has 134 valence electrons. The van der Waals surface area contributed by atoms with E-state index in [1.54, 1.807) is 12.3 Å². The van der Waals surface area contributed by atoms with Gasteiger partial charge in [-0.15, -0.1) is 0 Å². The van der Waals surface area contributed by atoms with Gasteiger partial charge in [-0.3, -0.25) is 10.1 Å². The van der Waals surface area contributed by atoms with Crippen LogP contribution in [0, 0.1) is 10.1 Å². The standard InChI is InChI=1S/C20H15N3O4/c24-23(25)14-6-3-5-13(11-14)20-22-17(15-7-1-2-8-18(15)27-20)12-16(21-22)19-9-4-10-26-19/h1-11,17,20H,12H2/t17-,20+/m0/s1. The molecule has 0 saturated carbocycles. The van der Waals surface area contributed by atoms with Gasteiger partial charge in [0.2, 0.25) is 6.23 Å². The van der Waals surface area contributed by atoms with Crippen LogP contribution in [0.5, 0.6) is 5.75 Å². The Balaban J connectivity index is 1.61. The van der Waals surface area contributed by atoms with Crippen molar-refractivity contribution in [3.8, 4) is 5.75 Å². The second-order valence-corrected chi connectivity index (χ2v) is 6.48. The molecule has 0 spiro atoms. The van der Waals surface area contributed by atoms with Crippen LogP contribution in [0.2, 0.25) is 0 Å². The van der Waals surface area contributed by atoms with Crippen molar-refractivity contribution in [2.24, 2.45) is 5.10 Å². The van der Waals surface area contributed by atoms with Crippen molar-refractivity contribution in [3.05, 3.63) is 93.9 Å². The van der Waals surface area contributed by atoms with Crippen LogP contribution < -0.4 is 4.74 Å². The van der Waals surface area contributed by atoms with Gasteiger partial charge in [-0.2, -0.15) is 5.10 Å². The van der Waals surface area contributed by atoms with Crippen molar-refractivity contribution in [1.29, 1.82) is 0 Å². The van der Waals surface area contributed by atoms with Crippen LogP contribution in [0.15, 0.2) is 76.4 Å². The predicted molar refractivity (Wildman–Crippen MR) is 97.3 cm³/mol. The fourth-order valence-electron chi connectivity index (χ4n) is 3.64. The number of furan rings is 1. The average molecular weight is 361 g/mol. The van der Waals surface area contributed by atoms with Gasteiger partial charge in [0, 0.05) is 29.7 Å². The summed E-state index contributed by atoms with van der Waals surface area (Å²) in [6.45, 7) is 0. The number of hydrogen-bond donors (Lipinski definition) is 0. The van der Waals surface area contributed by atoms with Gasteiger partial charge in [-0.1, -0.05) is 30.3 Å². The molecule has 3 aromatic rings. The molecule has 2 atom stereocenters. The van der Waals surface area contributed by atoms with Crippen LogP contribution in [0.4, 0.5) is 5.69 Å². The van der Waals surface area contributed by atoms with Crippen molar-refractivity contribution in [3.63, 3.8) is 0 Å². The Labute approximate surface area is 154 Å². The maximum absolute atomic E-state index is 11.2. The van der Waals surface area contributed by atoms with Crippen molar-refractivity contribution in [1.82, 2.24) is 5.01 Å². The molecule has 0 radical (unpaired) electrons. The normalized spacial score (nSPS) is 20.4. The largest absolute Gasteiger partial charge is 0.464 e. The lowest BCUT2D eigenvalue weighted by atomic mass is 9.97. The Kier molecular flexibility index (Phi) is 3.46. The number of non-ortho nitro benzene ring substituents is 1. The third-order valence-electron chi connectivity index (χ3n) is 4.87. The summed E-state index contributed by atoms with van der Waals surface area (Å²) in [5.74, 6) is 1.49. The SMILES string of the molecule is O=[N+]([O-])c1cccc([C@H]2Oc3ccccc3[C@@H]3CC(c4ccco4)=NN23)c1. The van der Waals surface area contributed by atoms with E-state index in [2.05, 4.69) is 0 Å². The van der Waals surface area contributed by atoms with E-state index in [1.807, 2.05) is 47.5 Å². The summed E-state index contributed by atoms with van der Waals surface area (Å²) in [6, 6.07) is 18.0. The number of hydrogen-bond acceptors (Lipinski definition) is 6. The second-order valence-electron chi connectivity index (χ2n) is 6.48. The molecule has 2 aromatic carbocycles. The minimum Gasteiger partial charge on any atom is -0.464 e. The lowest BCUT2D eigenvalue weighted by Crippen LogP contribution is -2.33. The molecule has 7 heteroatoms. The number of ether oxygens (including phenoxy) is 1. The topological polar surface area (TPSA) is 81.1 Å². The molecular formula is C20H15N3O4. The first-order valence-electron chi connectivity index (χ1n) is 8.60. The molecule has 3 heterocycles. The first kappa shape index (κ1) is 15.6. The second kappa shape index (κ2) is 5.98. The Bertz CT molecular complexity index is 1040. The summed E-state index contributed by atoms with van der Waals surface area (Å²) in [5, 5.41) is 17.8. The van der Waals surface area contributed by atoms with Crippen LogP contribution in [0.1, 0.15) is 35.6 Å². The number of para-hydroxylation sites is 1. The number of hydrazone groups is 1. The highest BCUT2D eigenvalue weighted by Crippen LogP contribution is 2.47. The molecule has 2 aliphatic heterocycles. The molecule has 27 heavy (non-hydrogen) atoms. The Morgan fingerprint density at radius 3 is 2.81 bits per heavy atom. The summed E-state index contributed by atoms with van der Waals surface area (Å²) in [5.41, 5.74) is 2.60. The van der Waals surface area contributed by atoms with Gasteiger partial charge >= 0.3 is 0 Å². The fourth-order valence-corrected chi connectivity index (χ4v) is 3.64. The Morgan fingerprint density at radius 2 is 2.00 bits per heavy atom. The fraction of sp³-hybridized carbons (Fsp3) is 0.150. The molecule has 1 aromatic heterocycles. The van der Waals surface area contributed by atoms with Gasteiger partial charge in [0.1, 0.15) is 17.2 Å². The number of nitro groups is 1. The van der Waals surface area contributed by atoms with E-state index < -0.39 is 11.2 Å². The number of fused-ring (bicyclic) bond motifs is 3. The maximum Gasteiger partial charge on any atom is 0.269 e. The van der Waals surface area contributed by atoms with E-state index in [0.29, 0.717) is 12.0 Å². The first-order valence-corrected chi connectivity index (χ1v) is 8.60. The van der Waals surface area contributed by atoms with E-state index in [9.17, 15) is 10.1 Å². The van der Waals surface area contributed by atoms with E-state index in [4.69, 9.17) is 14.3 Å². The van der Waals surface area contributed by atoms with Gasteiger partial charge < -0.3 is 9.15 Å². The highest BCUT2D eigenvalue weighted by Gasteiger charge is 2.41. The molecule has 0 bridgehead atoms. The summed E-state index contributed by atoms with van der Waals surface area (Å²) in [4.78, 5) is 10.8. The zero-order valence-corrected chi connectivity index (χ0v) is 14.2. The van der Waals surface area contributed by atoms with Gasteiger partial charge in [0.05, 0.1) is 17.2 Å². The molecular weight excluding hydrogens is 346 g/mol. The van der Waals surface area contributed by atoms with Crippen LogP contribution >= 0.6 is 0 Å². The molecule has 2 aliphatic rings. The molecule has 5 rings (SSSR count). The van der Waals surface area contributed by atoms with Crippen LogP contribution in [0.3, 0.4) is 0 Å². The number of rotatable bonds is 3. The van der Waals surface area contributed by atoms with Gasteiger partial charge in [-0.25, -0.2) is 5.01 Å². The summed E-state index contributed by atoms with van der Waals surface area (Å²) >= 11 is 0. The molecule has 0 amide bonds. The molecule has 0 fully saturated rings. The van der Waals surface area contributed by atoms with E-state index in [0.717, 1.165) is 22.8 Å². The number of benzene rings is 2. The van der Waals surface area contributed by atoms with Crippen molar-refractivity contribution >= 4 is 11.4 Å². The quantitative estimate of drug-likeness (QED) is 0.509. The minimum absolute atomic E-state index is 0.0145. The molecule has 0 aliphatic carbocycles. The highest BCUT2D eigenvalue weighted by molar-refractivity contribution is 5.99. The third kappa shape index (κ3) is 2.55. The zero-order chi connectivity index (χ0) is 18.4. The molecule has 0 saturated heterocycles. The minimum atomic E-state index is -0.544. The monoisotopic (exact) mass is 361 g/mol. The number of nitrogens with zero attached hydrogens (tertiary/aromatic N) is 3. The first-order chi connectivity index (χ1) is 13.2. The summed E-state index contributed by atoms with van der Waals surface area (Å²) in [6.07, 6.45) is 1.76. The summed E-state index contributed by atoms with van der Waals surface area (Å²) < 4.78 is 11.7. The van der Waals surface area contributed by atoms with Crippen molar-refractivity contribution < 1.29 is 14.1 Å². The summed E-state index contributed by atoms with van der Waals surface area (Å²) in [7, 11) is 0. The van der Waals surface area contributed by atoms with E-state index in [1.165, 1.54) is 12.1 Å². The van der Waals surface area contributed by atoms with Crippen LogP contribution in [-0.4, -0.2) is 15.6 Å². The predicted octanol–water partition coefficient (Wildman–Crippen LogP) is 4.43. The third-order valence-corrected chi connectivity index (χ3v) is 4.87. The van der Waals surface area contributed by atoms with Crippen LogP contribution in [0.25, 0.3) is 0 Å². The lowest BCUT2D eigenvalue weighted by molar-refractivity contribution is -0.385. The van der Waals surface area contributed by atoms with Gasteiger partial charge in [0.25, 0.3) is 5.69 Å². The van der Waals surface area contributed by atoms with Crippen molar-refractivity contribution in [2.45, 2.75) is 18.7 Å².